The van der Waals surface area contributed by atoms with Gasteiger partial charge in [-0.1, -0.05) is 43.6 Å². The van der Waals surface area contributed by atoms with E-state index < -0.39 is 5.91 Å². The summed E-state index contributed by atoms with van der Waals surface area (Å²) >= 11 is 6.30. The molecule has 0 aliphatic rings. The molecule has 3 aromatic rings. The molecular formula is C21H19ClN4O2. The number of anilines is 1. The average molecular weight is 395 g/mol. The van der Waals surface area contributed by atoms with Crippen molar-refractivity contribution < 1.29 is 9.59 Å². The quantitative estimate of drug-likeness (QED) is 0.678. The van der Waals surface area contributed by atoms with Gasteiger partial charge in [0.25, 0.3) is 0 Å². The SMILES string of the molecule is CC(C)C(=O)Nc1nccc(C(N)=O)c1-c1cncc(-c2ccccc2Cl)c1. The highest BCUT2D eigenvalue weighted by Crippen LogP contribution is 2.34. The molecule has 3 rings (SSSR count). The number of amides is 2. The minimum Gasteiger partial charge on any atom is -0.366 e. The third-order valence-corrected chi connectivity index (χ3v) is 4.52. The Morgan fingerprint density at radius 3 is 2.50 bits per heavy atom. The molecule has 28 heavy (non-hydrogen) atoms. The second-order valence-corrected chi connectivity index (χ2v) is 6.94. The largest absolute Gasteiger partial charge is 0.366 e. The van der Waals surface area contributed by atoms with Crippen LogP contribution >= 0.6 is 11.6 Å². The molecule has 0 aliphatic heterocycles. The highest BCUT2D eigenvalue weighted by atomic mass is 35.5. The molecule has 142 valence electrons. The molecule has 2 aromatic heterocycles. The number of halogens is 1. The Kier molecular flexibility index (Phi) is 5.70. The van der Waals surface area contributed by atoms with Crippen LogP contribution in [0.4, 0.5) is 5.82 Å². The van der Waals surface area contributed by atoms with Crippen molar-refractivity contribution in [2.24, 2.45) is 11.7 Å². The predicted octanol–water partition coefficient (Wildman–Crippen LogP) is 4.16. The van der Waals surface area contributed by atoms with Crippen molar-refractivity contribution in [1.82, 2.24) is 9.97 Å². The van der Waals surface area contributed by atoms with Gasteiger partial charge in [-0.25, -0.2) is 4.98 Å². The van der Waals surface area contributed by atoms with Gasteiger partial charge in [-0.3, -0.25) is 14.6 Å². The van der Waals surface area contributed by atoms with Gasteiger partial charge >= 0.3 is 0 Å². The Balaban J connectivity index is 2.17. The van der Waals surface area contributed by atoms with E-state index in [1.807, 2.05) is 24.3 Å². The molecule has 0 saturated carbocycles. The minimum absolute atomic E-state index is 0.217. The molecule has 0 atom stereocenters. The molecule has 0 aliphatic carbocycles. The zero-order valence-corrected chi connectivity index (χ0v) is 16.2. The number of nitrogens with zero attached hydrogens (tertiary/aromatic N) is 2. The number of rotatable bonds is 5. The maximum Gasteiger partial charge on any atom is 0.249 e. The van der Waals surface area contributed by atoms with Crippen LogP contribution in [0.15, 0.2) is 55.0 Å². The molecule has 0 radical (unpaired) electrons. The van der Waals surface area contributed by atoms with Crippen LogP contribution in [-0.2, 0) is 4.79 Å². The highest BCUT2D eigenvalue weighted by molar-refractivity contribution is 6.33. The molecule has 1 aromatic carbocycles. The molecule has 3 N–H and O–H groups in total. The average Bonchev–Trinajstić information content (AvgIpc) is 2.68. The van der Waals surface area contributed by atoms with Gasteiger partial charge in [-0.2, -0.15) is 0 Å². The maximum absolute atomic E-state index is 12.2. The van der Waals surface area contributed by atoms with Crippen molar-refractivity contribution >= 4 is 29.2 Å². The summed E-state index contributed by atoms with van der Waals surface area (Å²) in [5.41, 5.74) is 8.39. The number of nitrogens with two attached hydrogens (primary N) is 1. The van der Waals surface area contributed by atoms with Crippen LogP contribution in [0, 0.1) is 5.92 Å². The molecule has 2 heterocycles. The van der Waals surface area contributed by atoms with E-state index in [9.17, 15) is 9.59 Å². The van der Waals surface area contributed by atoms with Crippen molar-refractivity contribution in [1.29, 1.82) is 0 Å². The van der Waals surface area contributed by atoms with E-state index in [0.29, 0.717) is 16.1 Å². The predicted molar refractivity (Wildman–Crippen MR) is 110 cm³/mol. The lowest BCUT2D eigenvalue weighted by Gasteiger charge is -2.15. The highest BCUT2D eigenvalue weighted by Gasteiger charge is 2.19. The molecule has 0 fully saturated rings. The van der Waals surface area contributed by atoms with E-state index in [1.165, 1.54) is 12.3 Å². The molecule has 0 bridgehead atoms. The number of hydrogen-bond acceptors (Lipinski definition) is 4. The summed E-state index contributed by atoms with van der Waals surface area (Å²) in [5.74, 6) is -0.834. The van der Waals surface area contributed by atoms with E-state index in [1.54, 1.807) is 32.3 Å². The second-order valence-electron chi connectivity index (χ2n) is 6.53. The van der Waals surface area contributed by atoms with Crippen LogP contribution in [0.5, 0.6) is 0 Å². The van der Waals surface area contributed by atoms with E-state index in [0.717, 1.165) is 11.1 Å². The van der Waals surface area contributed by atoms with Crippen LogP contribution in [-0.4, -0.2) is 21.8 Å². The lowest BCUT2D eigenvalue weighted by molar-refractivity contribution is -0.118. The fourth-order valence-electron chi connectivity index (χ4n) is 2.73. The summed E-state index contributed by atoms with van der Waals surface area (Å²) in [5, 5.41) is 3.34. The Morgan fingerprint density at radius 1 is 1.11 bits per heavy atom. The van der Waals surface area contributed by atoms with Crippen molar-refractivity contribution in [2.75, 3.05) is 5.32 Å². The van der Waals surface area contributed by atoms with Crippen LogP contribution < -0.4 is 11.1 Å². The zero-order valence-electron chi connectivity index (χ0n) is 15.4. The number of carbonyl (C=O) groups excluding carboxylic acids is 2. The smallest absolute Gasteiger partial charge is 0.249 e. The van der Waals surface area contributed by atoms with Crippen LogP contribution in [0.1, 0.15) is 24.2 Å². The van der Waals surface area contributed by atoms with E-state index in [-0.39, 0.29) is 23.2 Å². The summed E-state index contributed by atoms with van der Waals surface area (Å²) < 4.78 is 0. The minimum atomic E-state index is -0.624. The summed E-state index contributed by atoms with van der Waals surface area (Å²) in [6.45, 7) is 3.54. The lowest BCUT2D eigenvalue weighted by atomic mass is 9.98. The Hall–Kier alpha value is -3.25. The number of nitrogens with one attached hydrogen (secondary N) is 1. The number of pyridine rings is 2. The lowest BCUT2D eigenvalue weighted by Crippen LogP contribution is -2.21. The number of benzene rings is 1. The van der Waals surface area contributed by atoms with Gasteiger partial charge in [0.05, 0.1) is 5.56 Å². The normalized spacial score (nSPS) is 10.7. The summed E-state index contributed by atoms with van der Waals surface area (Å²) in [6.07, 6.45) is 4.71. The molecule has 0 saturated heterocycles. The zero-order chi connectivity index (χ0) is 20.3. The number of hydrogen-bond donors (Lipinski definition) is 2. The van der Waals surface area contributed by atoms with E-state index in [4.69, 9.17) is 17.3 Å². The Labute approximate surface area is 167 Å². The molecule has 2 amide bonds. The summed E-state index contributed by atoms with van der Waals surface area (Å²) in [6, 6.07) is 10.7. The van der Waals surface area contributed by atoms with Crippen molar-refractivity contribution in [2.45, 2.75) is 13.8 Å². The van der Waals surface area contributed by atoms with Crippen molar-refractivity contribution in [3.63, 3.8) is 0 Å². The molecule has 0 spiro atoms. The van der Waals surface area contributed by atoms with Gasteiger partial charge in [0.1, 0.15) is 5.82 Å². The Morgan fingerprint density at radius 2 is 1.82 bits per heavy atom. The van der Waals surface area contributed by atoms with E-state index in [2.05, 4.69) is 15.3 Å². The molecular weight excluding hydrogens is 376 g/mol. The van der Waals surface area contributed by atoms with Gasteiger partial charge in [0.2, 0.25) is 11.8 Å². The fraction of sp³-hybridized carbons (Fsp3) is 0.143. The first-order valence-corrected chi connectivity index (χ1v) is 9.06. The van der Waals surface area contributed by atoms with Gasteiger partial charge in [-0.05, 0) is 18.2 Å². The summed E-state index contributed by atoms with van der Waals surface area (Å²) in [7, 11) is 0. The third-order valence-electron chi connectivity index (χ3n) is 4.19. The monoisotopic (exact) mass is 394 g/mol. The maximum atomic E-state index is 12.2. The third kappa shape index (κ3) is 4.02. The Bertz CT molecular complexity index is 1050. The first kappa shape index (κ1) is 19.5. The molecule has 0 unspecified atom stereocenters. The van der Waals surface area contributed by atoms with Crippen LogP contribution in [0.25, 0.3) is 22.3 Å². The van der Waals surface area contributed by atoms with Gasteiger partial charge in [0.15, 0.2) is 0 Å². The first-order valence-electron chi connectivity index (χ1n) is 8.68. The topological polar surface area (TPSA) is 98.0 Å². The standard InChI is InChI=1S/C21H19ClN4O2/c1-12(2)21(28)26-20-18(16(19(23)27)7-8-25-20)14-9-13(10-24-11-14)15-5-3-4-6-17(15)22/h3-12H,1-2H3,(H2,23,27)(H,25,26,28). The number of aromatic nitrogens is 2. The first-order chi connectivity index (χ1) is 13.4. The van der Waals surface area contributed by atoms with Gasteiger partial charge in [-0.15, -0.1) is 0 Å². The summed E-state index contributed by atoms with van der Waals surface area (Å²) in [4.78, 5) is 32.8. The number of carbonyl (C=O) groups is 2. The molecule has 7 heteroatoms. The van der Waals surface area contributed by atoms with Crippen LogP contribution in [0.2, 0.25) is 5.02 Å². The number of primary amides is 1. The molecule has 6 nitrogen and oxygen atoms in total. The van der Waals surface area contributed by atoms with Crippen molar-refractivity contribution in [3.05, 3.63) is 65.6 Å². The van der Waals surface area contributed by atoms with Crippen LogP contribution in [0.3, 0.4) is 0 Å². The van der Waals surface area contributed by atoms with Gasteiger partial charge in [0, 0.05) is 51.8 Å². The van der Waals surface area contributed by atoms with E-state index >= 15 is 0 Å². The van der Waals surface area contributed by atoms with Gasteiger partial charge < -0.3 is 11.1 Å². The second kappa shape index (κ2) is 8.19. The van der Waals surface area contributed by atoms with Crippen molar-refractivity contribution in [3.8, 4) is 22.3 Å². The fourth-order valence-corrected chi connectivity index (χ4v) is 2.98.